The van der Waals surface area contributed by atoms with Gasteiger partial charge in [0.1, 0.15) is 6.61 Å². The number of nitrogens with zero attached hydrogens (tertiary/aromatic N) is 2. The second-order valence-corrected chi connectivity index (χ2v) is 5.20. The lowest BCUT2D eigenvalue weighted by Gasteiger charge is -2.19. The number of anilines is 1. The van der Waals surface area contributed by atoms with E-state index in [-0.39, 0.29) is 0 Å². The third kappa shape index (κ3) is 3.45. The minimum absolute atomic E-state index is 0.443. The van der Waals surface area contributed by atoms with Crippen LogP contribution in [0.2, 0.25) is 0 Å². The van der Waals surface area contributed by atoms with Gasteiger partial charge in [0.05, 0.1) is 5.69 Å². The number of halogens is 1. The van der Waals surface area contributed by atoms with Crippen LogP contribution < -0.4 is 15.6 Å². The lowest BCUT2D eigenvalue weighted by molar-refractivity contribution is 0.293. The molecule has 100 valence electrons. The number of ether oxygens (including phenoxy) is 1. The average molecular weight is 322 g/mol. The zero-order chi connectivity index (χ0) is 13.8. The fraction of sp³-hybridized carbons (Fsp3) is 0.214. The van der Waals surface area contributed by atoms with Crippen molar-refractivity contribution in [3.05, 3.63) is 52.1 Å². The molecule has 1 aromatic carbocycles. The third-order valence-electron chi connectivity index (χ3n) is 2.83. The highest BCUT2D eigenvalue weighted by molar-refractivity contribution is 9.10. The van der Waals surface area contributed by atoms with Crippen molar-refractivity contribution < 1.29 is 4.74 Å². The summed E-state index contributed by atoms with van der Waals surface area (Å²) in [6, 6.07) is 9.72. The van der Waals surface area contributed by atoms with Gasteiger partial charge in [-0.25, -0.2) is 10.8 Å². The van der Waals surface area contributed by atoms with E-state index in [0.29, 0.717) is 12.5 Å². The van der Waals surface area contributed by atoms with Crippen molar-refractivity contribution in [2.75, 3.05) is 12.1 Å². The predicted octanol–water partition coefficient (Wildman–Crippen LogP) is 3.04. The first-order valence-corrected chi connectivity index (χ1v) is 6.68. The SMILES string of the molecule is Cc1cccc(N(C)N)c1COc1ccc(Br)cn1. The molecule has 4 nitrogen and oxygen atoms in total. The van der Waals surface area contributed by atoms with Crippen molar-refractivity contribution in [2.24, 2.45) is 5.84 Å². The third-order valence-corrected chi connectivity index (χ3v) is 3.30. The minimum atomic E-state index is 0.443. The molecule has 0 atom stereocenters. The van der Waals surface area contributed by atoms with E-state index < -0.39 is 0 Å². The number of benzene rings is 1. The Labute approximate surface area is 121 Å². The Morgan fingerprint density at radius 3 is 2.74 bits per heavy atom. The zero-order valence-electron chi connectivity index (χ0n) is 10.9. The lowest BCUT2D eigenvalue weighted by atomic mass is 10.1. The Morgan fingerprint density at radius 2 is 2.11 bits per heavy atom. The maximum Gasteiger partial charge on any atom is 0.213 e. The van der Waals surface area contributed by atoms with Crippen LogP contribution in [0.15, 0.2) is 41.0 Å². The molecule has 2 aromatic rings. The lowest BCUT2D eigenvalue weighted by Crippen LogP contribution is -2.26. The van der Waals surface area contributed by atoms with E-state index in [2.05, 4.69) is 20.9 Å². The van der Waals surface area contributed by atoms with Gasteiger partial charge in [-0.3, -0.25) is 0 Å². The Morgan fingerprint density at radius 1 is 1.32 bits per heavy atom. The van der Waals surface area contributed by atoms with Crippen LogP contribution in [0.4, 0.5) is 5.69 Å². The maximum absolute atomic E-state index is 5.83. The number of nitrogens with two attached hydrogens (primary N) is 1. The van der Waals surface area contributed by atoms with E-state index in [9.17, 15) is 0 Å². The van der Waals surface area contributed by atoms with Crippen molar-refractivity contribution >= 4 is 21.6 Å². The second kappa shape index (κ2) is 6.04. The summed E-state index contributed by atoms with van der Waals surface area (Å²) in [6.45, 7) is 2.49. The number of hydrogen-bond acceptors (Lipinski definition) is 4. The summed E-state index contributed by atoms with van der Waals surface area (Å²) in [6.07, 6.45) is 1.71. The van der Waals surface area contributed by atoms with Crippen LogP contribution in [-0.2, 0) is 6.61 Å². The van der Waals surface area contributed by atoms with Crippen LogP contribution in [0, 0.1) is 6.92 Å². The molecule has 2 rings (SSSR count). The number of hydrazine groups is 1. The topological polar surface area (TPSA) is 51.4 Å². The second-order valence-electron chi connectivity index (χ2n) is 4.29. The molecular weight excluding hydrogens is 306 g/mol. The molecule has 0 amide bonds. The zero-order valence-corrected chi connectivity index (χ0v) is 12.5. The fourth-order valence-electron chi connectivity index (χ4n) is 1.80. The molecule has 0 radical (unpaired) electrons. The van der Waals surface area contributed by atoms with Gasteiger partial charge in [0, 0.05) is 29.3 Å². The highest BCUT2D eigenvalue weighted by atomic mass is 79.9. The van der Waals surface area contributed by atoms with Crippen LogP contribution >= 0.6 is 15.9 Å². The first kappa shape index (κ1) is 13.8. The number of pyridine rings is 1. The minimum Gasteiger partial charge on any atom is -0.473 e. The highest BCUT2D eigenvalue weighted by Crippen LogP contribution is 2.23. The number of rotatable bonds is 4. The van der Waals surface area contributed by atoms with E-state index in [1.807, 2.05) is 44.3 Å². The molecule has 0 saturated heterocycles. The number of aryl methyl sites for hydroxylation is 1. The molecule has 2 N–H and O–H groups in total. The van der Waals surface area contributed by atoms with E-state index in [0.717, 1.165) is 21.3 Å². The van der Waals surface area contributed by atoms with E-state index in [1.54, 1.807) is 11.2 Å². The highest BCUT2D eigenvalue weighted by Gasteiger charge is 2.08. The standard InChI is InChI=1S/C14H16BrN3O/c1-10-4-3-5-13(18(2)16)12(10)9-19-14-7-6-11(15)8-17-14/h3-8H,9,16H2,1-2H3. The van der Waals surface area contributed by atoms with Gasteiger partial charge in [-0.15, -0.1) is 0 Å². The molecule has 0 fully saturated rings. The maximum atomic E-state index is 5.83. The van der Waals surface area contributed by atoms with Crippen LogP contribution in [0.5, 0.6) is 5.88 Å². The molecule has 0 spiro atoms. The summed E-state index contributed by atoms with van der Waals surface area (Å²) in [5.74, 6) is 6.42. The van der Waals surface area contributed by atoms with Crippen molar-refractivity contribution in [3.63, 3.8) is 0 Å². The summed E-state index contributed by atoms with van der Waals surface area (Å²) in [5.41, 5.74) is 3.17. The van der Waals surface area contributed by atoms with Crippen LogP contribution in [0.3, 0.4) is 0 Å². The molecule has 0 aliphatic heterocycles. The van der Waals surface area contributed by atoms with E-state index in [1.165, 1.54) is 0 Å². The first-order valence-electron chi connectivity index (χ1n) is 5.89. The Balaban J connectivity index is 2.17. The molecule has 0 aliphatic carbocycles. The van der Waals surface area contributed by atoms with Gasteiger partial charge >= 0.3 is 0 Å². The van der Waals surface area contributed by atoms with Crippen molar-refractivity contribution in [2.45, 2.75) is 13.5 Å². The number of aromatic nitrogens is 1. The smallest absolute Gasteiger partial charge is 0.213 e. The normalized spacial score (nSPS) is 10.3. The van der Waals surface area contributed by atoms with Crippen molar-refractivity contribution in [1.29, 1.82) is 0 Å². The molecule has 0 bridgehead atoms. The largest absolute Gasteiger partial charge is 0.473 e. The van der Waals surface area contributed by atoms with Gasteiger partial charge in [-0.1, -0.05) is 12.1 Å². The van der Waals surface area contributed by atoms with Gasteiger partial charge in [0.25, 0.3) is 0 Å². The fourth-order valence-corrected chi connectivity index (χ4v) is 2.03. The van der Waals surface area contributed by atoms with Gasteiger partial charge in [-0.2, -0.15) is 0 Å². The van der Waals surface area contributed by atoms with Gasteiger partial charge in [-0.05, 0) is 40.5 Å². The van der Waals surface area contributed by atoms with E-state index in [4.69, 9.17) is 10.6 Å². The average Bonchev–Trinajstić information content (AvgIpc) is 2.39. The summed E-state index contributed by atoms with van der Waals surface area (Å²) < 4.78 is 6.63. The van der Waals surface area contributed by atoms with Crippen LogP contribution in [0.25, 0.3) is 0 Å². The molecule has 0 unspecified atom stereocenters. The van der Waals surface area contributed by atoms with Gasteiger partial charge in [0.15, 0.2) is 0 Å². The Kier molecular flexibility index (Phi) is 4.39. The van der Waals surface area contributed by atoms with Gasteiger partial charge in [0.2, 0.25) is 5.88 Å². The number of hydrogen-bond donors (Lipinski definition) is 1. The van der Waals surface area contributed by atoms with Crippen LogP contribution in [-0.4, -0.2) is 12.0 Å². The molecule has 19 heavy (non-hydrogen) atoms. The summed E-state index contributed by atoms with van der Waals surface area (Å²) in [5, 5.41) is 1.60. The molecule has 5 heteroatoms. The Bertz CT molecular complexity index is 555. The molecule has 1 aromatic heterocycles. The van der Waals surface area contributed by atoms with Gasteiger partial charge < -0.3 is 9.75 Å². The quantitative estimate of drug-likeness (QED) is 0.694. The molecule has 0 aliphatic rings. The molecule has 0 saturated carbocycles. The first-order chi connectivity index (χ1) is 9.08. The van der Waals surface area contributed by atoms with Crippen molar-refractivity contribution in [1.82, 2.24) is 4.98 Å². The summed E-state index contributed by atoms with van der Waals surface area (Å²) in [4.78, 5) is 4.18. The monoisotopic (exact) mass is 321 g/mol. The molecule has 1 heterocycles. The van der Waals surface area contributed by atoms with Crippen molar-refractivity contribution in [3.8, 4) is 5.88 Å². The summed E-state index contributed by atoms with van der Waals surface area (Å²) in [7, 11) is 1.82. The summed E-state index contributed by atoms with van der Waals surface area (Å²) >= 11 is 3.34. The van der Waals surface area contributed by atoms with Crippen LogP contribution in [0.1, 0.15) is 11.1 Å². The molecular formula is C14H16BrN3O. The Hall–Kier alpha value is -1.59. The predicted molar refractivity (Wildman–Crippen MR) is 80.0 cm³/mol. The van der Waals surface area contributed by atoms with E-state index >= 15 is 0 Å².